The number of hydrogen-bond donors (Lipinski definition) is 0. The summed E-state index contributed by atoms with van der Waals surface area (Å²) in [5, 5.41) is 0. The van der Waals surface area contributed by atoms with E-state index in [-0.39, 0.29) is 48.5 Å². The summed E-state index contributed by atoms with van der Waals surface area (Å²) in [6, 6.07) is 0. The van der Waals surface area contributed by atoms with Crippen molar-refractivity contribution in [3.63, 3.8) is 0 Å². The van der Waals surface area contributed by atoms with Gasteiger partial charge in [-0.25, -0.2) is 0 Å². The van der Waals surface area contributed by atoms with Crippen molar-refractivity contribution in [2.45, 2.75) is 156 Å². The average molecular weight is 581 g/mol. The topological polar surface area (TPSA) is 36.9 Å². The Hall–Kier alpha value is 0.437. The Morgan fingerprint density at radius 1 is 0.474 bits per heavy atom. The van der Waals surface area contributed by atoms with Crippen molar-refractivity contribution in [3.8, 4) is 0 Å². The number of rotatable bonds is 28. The molecule has 0 amide bonds. The molecule has 0 fully saturated rings. The van der Waals surface area contributed by atoms with E-state index in [0.29, 0.717) is 0 Å². The Kier molecular flexibility index (Phi) is 50.1. The van der Waals surface area contributed by atoms with Crippen LogP contribution in [0.1, 0.15) is 143 Å². The van der Waals surface area contributed by atoms with Crippen LogP contribution in [0.5, 0.6) is 0 Å². The first-order valence-electron chi connectivity index (χ1n) is 15.1. The molecule has 0 heterocycles. The summed E-state index contributed by atoms with van der Waals surface area (Å²) in [6.07, 6.45) is 26.4. The van der Waals surface area contributed by atoms with Crippen molar-refractivity contribution in [1.82, 2.24) is 0 Å². The van der Waals surface area contributed by atoms with E-state index in [4.69, 9.17) is 32.1 Å². The molecule has 2 unspecified atom stereocenters. The zero-order chi connectivity index (χ0) is 27.0. The maximum absolute atomic E-state index is 5.52. The Labute approximate surface area is 261 Å². The molecule has 38 heavy (non-hydrogen) atoms. The van der Waals surface area contributed by atoms with Crippen molar-refractivity contribution < 1.29 is 54.9 Å². The van der Waals surface area contributed by atoms with E-state index in [1.165, 1.54) is 89.9 Å². The van der Waals surface area contributed by atoms with Gasteiger partial charge in [0.05, 0.1) is 0 Å². The smallest absolute Gasteiger partial charge is 0.518 e. The van der Waals surface area contributed by atoms with E-state index in [9.17, 15) is 0 Å². The van der Waals surface area contributed by atoms with Crippen LogP contribution < -0.4 is 18.9 Å². The van der Waals surface area contributed by atoms with Gasteiger partial charge in [0.15, 0.2) is 12.6 Å². The fourth-order valence-corrected chi connectivity index (χ4v) is 3.91. The summed E-state index contributed by atoms with van der Waals surface area (Å²) in [6.45, 7) is 21.7. The van der Waals surface area contributed by atoms with Crippen LogP contribution in [0, 0.1) is 13.2 Å². The zero-order valence-corrected chi connectivity index (χ0v) is 26.9. The molecule has 0 aliphatic rings. The van der Waals surface area contributed by atoms with Gasteiger partial charge < -0.3 is 32.1 Å². The van der Waals surface area contributed by atoms with Gasteiger partial charge in [-0.15, -0.1) is 0 Å². The molecule has 0 aromatic heterocycles. The number of allylic oxidation sites excluding steroid dienone is 2. The molecule has 0 N–H and O–H groups in total. The minimum absolute atomic E-state index is 0. The SMILES string of the molecule is [CH-]=CCCCCCCCCCCOC(C)OCC.[CH-]=CCCCCCCCCCCOC(C)OCC.[Cu+].[Li+]. The normalized spacial score (nSPS) is 11.9. The van der Waals surface area contributed by atoms with Crippen molar-refractivity contribution in [1.29, 1.82) is 0 Å². The third kappa shape index (κ3) is 43.5. The summed E-state index contributed by atoms with van der Waals surface area (Å²) in [4.78, 5) is 0. The first-order chi connectivity index (χ1) is 17.6. The van der Waals surface area contributed by atoms with E-state index >= 15 is 0 Å². The van der Waals surface area contributed by atoms with Crippen LogP contribution in [0.25, 0.3) is 0 Å². The molecule has 4 nitrogen and oxygen atoms in total. The monoisotopic (exact) mass is 580 g/mol. The summed E-state index contributed by atoms with van der Waals surface area (Å²) in [5.74, 6) is 0. The van der Waals surface area contributed by atoms with Gasteiger partial charge >= 0.3 is 35.9 Å². The Bertz CT molecular complexity index is 388. The molecule has 0 aliphatic carbocycles. The van der Waals surface area contributed by atoms with E-state index in [2.05, 4.69) is 0 Å². The van der Waals surface area contributed by atoms with Crippen molar-refractivity contribution in [3.05, 3.63) is 25.3 Å². The van der Waals surface area contributed by atoms with E-state index in [1.54, 1.807) is 12.2 Å². The summed E-state index contributed by atoms with van der Waals surface area (Å²) in [5.41, 5.74) is 0. The second-order valence-corrected chi connectivity index (χ2v) is 9.49. The van der Waals surface area contributed by atoms with Gasteiger partial charge in [-0.05, 0) is 40.5 Å². The predicted octanol–water partition coefficient (Wildman–Crippen LogP) is 6.77. The third-order valence-corrected chi connectivity index (χ3v) is 6.04. The van der Waals surface area contributed by atoms with Crippen LogP contribution >= 0.6 is 0 Å². The molecule has 2 atom stereocenters. The van der Waals surface area contributed by atoms with Gasteiger partial charge in [0.2, 0.25) is 0 Å². The minimum Gasteiger partial charge on any atom is -0.518 e. The maximum Gasteiger partial charge on any atom is 1.00 e. The van der Waals surface area contributed by atoms with Gasteiger partial charge in [0.1, 0.15) is 0 Å². The standard InChI is InChI=1S/2C16H31O2.Cu.Li/c2*1-4-6-7-8-9-10-11-12-13-14-15-18-16(3)17-5-2;;/h2*1,4,16H,5-15H2,2-3H3;;/q2*-1;2*+1. The second-order valence-electron chi connectivity index (χ2n) is 9.49. The van der Waals surface area contributed by atoms with Crippen LogP contribution in [0.2, 0.25) is 0 Å². The van der Waals surface area contributed by atoms with Gasteiger partial charge in [-0.1, -0.05) is 103 Å². The molecule has 6 heteroatoms. The first kappa shape index (κ1) is 45.4. The van der Waals surface area contributed by atoms with Crippen molar-refractivity contribution >= 4 is 0 Å². The van der Waals surface area contributed by atoms with Crippen LogP contribution in [0.3, 0.4) is 0 Å². The Morgan fingerprint density at radius 3 is 1.00 bits per heavy atom. The molecule has 0 saturated carbocycles. The molecule has 0 aromatic rings. The number of hydrogen-bond acceptors (Lipinski definition) is 4. The van der Waals surface area contributed by atoms with E-state index < -0.39 is 0 Å². The molecular weight excluding hydrogens is 519 g/mol. The zero-order valence-electron chi connectivity index (χ0n) is 26.0. The predicted molar refractivity (Wildman–Crippen MR) is 155 cm³/mol. The number of unbranched alkanes of at least 4 members (excludes halogenated alkanes) is 16. The quantitative estimate of drug-likeness (QED) is 0.0443. The molecule has 0 bridgehead atoms. The molecule has 0 spiro atoms. The van der Waals surface area contributed by atoms with Crippen LogP contribution in [0.15, 0.2) is 12.2 Å². The minimum atomic E-state index is -0.0469. The fraction of sp³-hybridized carbons (Fsp3) is 0.875. The van der Waals surface area contributed by atoms with E-state index in [0.717, 1.165) is 52.1 Å². The van der Waals surface area contributed by atoms with Gasteiger partial charge in [0, 0.05) is 26.4 Å². The summed E-state index contributed by atoms with van der Waals surface area (Å²) in [7, 11) is 0. The molecule has 0 aliphatic heterocycles. The largest absolute Gasteiger partial charge is 1.00 e. The maximum atomic E-state index is 5.52. The summed E-state index contributed by atoms with van der Waals surface area (Å²) < 4.78 is 21.6. The van der Waals surface area contributed by atoms with E-state index in [1.807, 2.05) is 27.7 Å². The number of ether oxygens (including phenoxy) is 4. The molecule has 0 aromatic carbocycles. The second kappa shape index (κ2) is 41.9. The summed E-state index contributed by atoms with van der Waals surface area (Å²) >= 11 is 0. The van der Waals surface area contributed by atoms with Gasteiger partial charge in [-0.3, -0.25) is 12.2 Å². The fourth-order valence-electron chi connectivity index (χ4n) is 3.91. The van der Waals surface area contributed by atoms with Crippen LogP contribution in [-0.4, -0.2) is 39.0 Å². The van der Waals surface area contributed by atoms with Crippen LogP contribution in [0.4, 0.5) is 0 Å². The Morgan fingerprint density at radius 2 is 0.737 bits per heavy atom. The van der Waals surface area contributed by atoms with Crippen molar-refractivity contribution in [2.24, 2.45) is 0 Å². The third-order valence-electron chi connectivity index (χ3n) is 6.04. The molecule has 0 saturated heterocycles. The average Bonchev–Trinajstić information content (AvgIpc) is 2.86. The molecule has 0 rings (SSSR count). The van der Waals surface area contributed by atoms with Gasteiger partial charge in [0.25, 0.3) is 0 Å². The van der Waals surface area contributed by atoms with Crippen molar-refractivity contribution in [2.75, 3.05) is 26.4 Å². The van der Waals surface area contributed by atoms with Gasteiger partial charge in [-0.2, -0.15) is 0 Å². The Balaban J connectivity index is -0.000000289. The molecule has 0 radical (unpaired) electrons. The first-order valence-corrected chi connectivity index (χ1v) is 15.1. The van der Waals surface area contributed by atoms with Crippen LogP contribution in [-0.2, 0) is 36.0 Å². The molecule has 226 valence electrons. The molecular formula is C32H62CuLiO4.